The maximum absolute atomic E-state index is 13.3. The van der Waals surface area contributed by atoms with Crippen molar-refractivity contribution in [3.63, 3.8) is 0 Å². The van der Waals surface area contributed by atoms with Gasteiger partial charge in [-0.05, 0) is 24.3 Å². The molecule has 0 saturated carbocycles. The van der Waals surface area contributed by atoms with Crippen LogP contribution in [0.1, 0.15) is 17.9 Å². The van der Waals surface area contributed by atoms with E-state index >= 15 is 0 Å². The molecular weight excluding hydrogens is 349 g/mol. The Bertz CT molecular complexity index is 842. The summed E-state index contributed by atoms with van der Waals surface area (Å²) in [7, 11) is 0. The van der Waals surface area contributed by atoms with Gasteiger partial charge in [-0.1, -0.05) is 23.9 Å². The molecule has 0 aliphatic heterocycles. The largest absolute Gasteiger partial charge is 0.417 e. The van der Waals surface area contributed by atoms with E-state index in [0.29, 0.717) is 16.1 Å². The third-order valence-electron chi connectivity index (χ3n) is 3.28. The van der Waals surface area contributed by atoms with Crippen molar-refractivity contribution < 1.29 is 22.0 Å². The van der Waals surface area contributed by atoms with Gasteiger partial charge in [0.05, 0.1) is 27.4 Å². The van der Waals surface area contributed by atoms with Gasteiger partial charge >= 0.3 is 12.7 Å². The van der Waals surface area contributed by atoms with Gasteiger partial charge in [-0.25, -0.2) is 9.97 Å². The van der Waals surface area contributed by atoms with Gasteiger partial charge in [-0.2, -0.15) is 22.0 Å². The molecule has 3 nitrogen and oxygen atoms in total. The number of imidazole rings is 1. The lowest BCUT2D eigenvalue weighted by Gasteiger charge is -2.08. The van der Waals surface area contributed by atoms with Crippen molar-refractivity contribution in [2.24, 2.45) is 0 Å². The molecule has 1 aromatic carbocycles. The van der Waals surface area contributed by atoms with Crippen molar-refractivity contribution in [2.45, 2.75) is 23.5 Å². The monoisotopic (exact) mass is 359 g/mol. The smallest absolute Gasteiger partial charge is 0.269 e. The summed E-state index contributed by atoms with van der Waals surface area (Å²) in [6.45, 7) is -2.76. The number of nitrogens with zero attached hydrogens (tertiary/aromatic N) is 3. The number of alkyl halides is 5. The molecule has 0 saturated heterocycles. The highest BCUT2D eigenvalue weighted by Crippen LogP contribution is 2.31. The zero-order valence-corrected chi connectivity index (χ0v) is 12.8. The first-order valence-corrected chi connectivity index (χ1v) is 7.75. The fourth-order valence-corrected chi connectivity index (χ4v) is 2.96. The van der Waals surface area contributed by atoms with E-state index in [1.54, 1.807) is 24.3 Å². The van der Waals surface area contributed by atoms with Crippen molar-refractivity contribution in [2.75, 3.05) is 0 Å². The summed E-state index contributed by atoms with van der Waals surface area (Å²) in [5.74, 6) is 0.204. The van der Waals surface area contributed by atoms with E-state index in [9.17, 15) is 22.0 Å². The molecular formula is C15H10F5N3S. The molecule has 3 aromatic rings. The molecule has 0 N–H and O–H groups in total. The van der Waals surface area contributed by atoms with Crippen LogP contribution in [0.2, 0.25) is 0 Å². The molecule has 0 aliphatic rings. The van der Waals surface area contributed by atoms with Gasteiger partial charge in [0.1, 0.15) is 5.82 Å². The molecule has 0 fully saturated rings. The molecule has 0 bridgehead atoms. The van der Waals surface area contributed by atoms with Gasteiger partial charge in [-0.15, -0.1) is 0 Å². The number of fused-ring (bicyclic) bond motifs is 1. The van der Waals surface area contributed by atoms with Gasteiger partial charge in [0, 0.05) is 6.20 Å². The van der Waals surface area contributed by atoms with E-state index in [0.717, 1.165) is 28.6 Å². The average molecular weight is 359 g/mol. The number of pyridine rings is 1. The van der Waals surface area contributed by atoms with Crippen LogP contribution in [0.4, 0.5) is 22.0 Å². The normalized spacial score (nSPS) is 12.2. The Morgan fingerprint density at radius 2 is 1.83 bits per heavy atom. The maximum Gasteiger partial charge on any atom is 0.417 e. The molecule has 0 spiro atoms. The first-order valence-electron chi connectivity index (χ1n) is 6.76. The highest BCUT2D eigenvalue weighted by molar-refractivity contribution is 7.98. The molecule has 126 valence electrons. The van der Waals surface area contributed by atoms with Crippen LogP contribution in [0.25, 0.3) is 11.0 Å². The minimum absolute atomic E-state index is 0.0668. The quantitative estimate of drug-likeness (QED) is 0.477. The average Bonchev–Trinajstić information content (AvgIpc) is 2.91. The topological polar surface area (TPSA) is 30.7 Å². The summed E-state index contributed by atoms with van der Waals surface area (Å²) in [4.78, 5) is 7.87. The molecule has 9 heteroatoms. The van der Waals surface area contributed by atoms with Crippen LogP contribution in [0.15, 0.2) is 47.6 Å². The zero-order valence-electron chi connectivity index (χ0n) is 12.0. The lowest BCUT2D eigenvalue weighted by molar-refractivity contribution is -0.137. The van der Waals surface area contributed by atoms with Gasteiger partial charge < -0.3 is 0 Å². The molecule has 3 rings (SSSR count). The first-order chi connectivity index (χ1) is 11.4. The fourth-order valence-electron chi connectivity index (χ4n) is 2.19. The number of aromatic nitrogens is 3. The summed E-state index contributed by atoms with van der Waals surface area (Å²) in [5.41, 5.74) is -0.107. The zero-order chi connectivity index (χ0) is 17.3. The Labute approximate surface area is 137 Å². The van der Waals surface area contributed by atoms with Crippen LogP contribution in [-0.2, 0) is 11.9 Å². The van der Waals surface area contributed by atoms with Gasteiger partial charge in [0.15, 0.2) is 0 Å². The first kappa shape index (κ1) is 16.7. The molecule has 0 amide bonds. The SMILES string of the molecule is FC(F)n1c(CSc2ccc(C(F)(F)F)cn2)nc2ccccc21. The van der Waals surface area contributed by atoms with Crippen LogP contribution in [0.3, 0.4) is 0 Å². The second-order valence-electron chi connectivity index (χ2n) is 4.84. The molecule has 2 aromatic heterocycles. The highest BCUT2D eigenvalue weighted by atomic mass is 32.2. The summed E-state index contributed by atoms with van der Waals surface area (Å²) < 4.78 is 64.8. The lowest BCUT2D eigenvalue weighted by atomic mass is 10.3. The Balaban J connectivity index is 1.82. The number of hydrogen-bond donors (Lipinski definition) is 0. The van der Waals surface area contributed by atoms with Gasteiger partial charge in [0.25, 0.3) is 0 Å². The van der Waals surface area contributed by atoms with E-state index in [2.05, 4.69) is 9.97 Å². The van der Waals surface area contributed by atoms with Crippen LogP contribution in [-0.4, -0.2) is 14.5 Å². The number of halogens is 5. The Kier molecular flexibility index (Phi) is 4.44. The molecule has 0 unspecified atom stereocenters. The van der Waals surface area contributed by atoms with Crippen LogP contribution in [0, 0.1) is 0 Å². The van der Waals surface area contributed by atoms with Crippen molar-refractivity contribution >= 4 is 22.8 Å². The third kappa shape index (κ3) is 3.35. The van der Waals surface area contributed by atoms with Crippen molar-refractivity contribution in [1.82, 2.24) is 14.5 Å². The van der Waals surface area contributed by atoms with Crippen LogP contribution < -0.4 is 0 Å². The summed E-state index contributed by atoms with van der Waals surface area (Å²) in [6, 6.07) is 8.61. The Morgan fingerprint density at radius 3 is 2.46 bits per heavy atom. The minimum atomic E-state index is -4.46. The van der Waals surface area contributed by atoms with Crippen molar-refractivity contribution in [1.29, 1.82) is 0 Å². The van der Waals surface area contributed by atoms with E-state index in [-0.39, 0.29) is 11.6 Å². The van der Waals surface area contributed by atoms with Gasteiger partial charge in [0.2, 0.25) is 0 Å². The summed E-state index contributed by atoms with van der Waals surface area (Å²) in [5, 5.41) is 0.302. The number of rotatable bonds is 4. The second kappa shape index (κ2) is 6.39. The number of hydrogen-bond acceptors (Lipinski definition) is 3. The molecule has 0 radical (unpaired) electrons. The minimum Gasteiger partial charge on any atom is -0.269 e. The summed E-state index contributed by atoms with van der Waals surface area (Å²) >= 11 is 1.04. The highest BCUT2D eigenvalue weighted by Gasteiger charge is 2.30. The Morgan fingerprint density at radius 1 is 1.08 bits per heavy atom. The lowest BCUT2D eigenvalue weighted by Crippen LogP contribution is -2.05. The van der Waals surface area contributed by atoms with Crippen LogP contribution in [0.5, 0.6) is 0 Å². The van der Waals surface area contributed by atoms with E-state index in [1.807, 2.05) is 0 Å². The predicted molar refractivity (Wildman–Crippen MR) is 79.8 cm³/mol. The number of para-hydroxylation sites is 2. The third-order valence-corrected chi connectivity index (χ3v) is 4.22. The van der Waals surface area contributed by atoms with Gasteiger partial charge in [-0.3, -0.25) is 4.57 Å². The standard InChI is InChI=1S/C15H10F5N3S/c16-14(17)23-11-4-2-1-3-10(11)22-12(23)8-24-13-6-5-9(7-21-13)15(18,19)20/h1-7,14H,8H2. The van der Waals surface area contributed by atoms with E-state index in [1.165, 1.54) is 6.07 Å². The second-order valence-corrected chi connectivity index (χ2v) is 5.83. The predicted octanol–water partition coefficient (Wildman–Crippen LogP) is 5.14. The summed E-state index contributed by atoms with van der Waals surface area (Å²) in [6.07, 6.45) is -3.74. The molecule has 2 heterocycles. The molecule has 0 atom stereocenters. The molecule has 24 heavy (non-hydrogen) atoms. The van der Waals surface area contributed by atoms with E-state index in [4.69, 9.17) is 0 Å². The number of benzene rings is 1. The van der Waals surface area contributed by atoms with Crippen LogP contribution >= 0.6 is 11.8 Å². The Hall–Kier alpha value is -2.16. The van der Waals surface area contributed by atoms with E-state index < -0.39 is 18.3 Å². The van der Waals surface area contributed by atoms with Crippen molar-refractivity contribution in [3.8, 4) is 0 Å². The molecule has 0 aliphatic carbocycles. The maximum atomic E-state index is 13.3. The van der Waals surface area contributed by atoms with Crippen molar-refractivity contribution in [3.05, 3.63) is 54.0 Å². The number of thioether (sulfide) groups is 1. The fraction of sp³-hybridized carbons (Fsp3) is 0.200.